The summed E-state index contributed by atoms with van der Waals surface area (Å²) in [6.07, 6.45) is 5.02. The molecule has 72 valence electrons. The standard InChI is InChI=1S/C10H9NO3/c1-14-10(13)5-3-8-2-4-9(7-12)11-6-8/h2-7H,1H3/b5-3+. The van der Waals surface area contributed by atoms with Crippen LogP contribution in [0.1, 0.15) is 16.1 Å². The molecule has 14 heavy (non-hydrogen) atoms. The van der Waals surface area contributed by atoms with E-state index in [0.717, 1.165) is 5.56 Å². The molecular formula is C10H9NO3. The third-order valence-electron chi connectivity index (χ3n) is 1.54. The van der Waals surface area contributed by atoms with Crippen molar-refractivity contribution in [2.45, 2.75) is 0 Å². The van der Waals surface area contributed by atoms with E-state index >= 15 is 0 Å². The van der Waals surface area contributed by atoms with Crippen LogP contribution in [0.3, 0.4) is 0 Å². The van der Waals surface area contributed by atoms with Crippen LogP contribution in [0.4, 0.5) is 0 Å². The zero-order valence-electron chi connectivity index (χ0n) is 7.64. The van der Waals surface area contributed by atoms with Crippen molar-refractivity contribution < 1.29 is 14.3 Å². The second kappa shape index (κ2) is 4.91. The number of esters is 1. The van der Waals surface area contributed by atoms with Crippen LogP contribution in [0, 0.1) is 0 Å². The molecule has 0 saturated heterocycles. The Morgan fingerprint density at radius 3 is 2.79 bits per heavy atom. The summed E-state index contributed by atoms with van der Waals surface area (Å²) in [6, 6.07) is 3.26. The van der Waals surface area contributed by atoms with Crippen molar-refractivity contribution in [3.8, 4) is 0 Å². The minimum atomic E-state index is -0.426. The van der Waals surface area contributed by atoms with E-state index in [0.29, 0.717) is 12.0 Å². The number of carbonyl (C=O) groups is 2. The van der Waals surface area contributed by atoms with Gasteiger partial charge in [0.1, 0.15) is 5.69 Å². The Morgan fingerprint density at radius 1 is 1.50 bits per heavy atom. The summed E-state index contributed by atoms with van der Waals surface area (Å²) < 4.78 is 4.41. The van der Waals surface area contributed by atoms with Crippen molar-refractivity contribution in [3.05, 3.63) is 35.7 Å². The highest BCUT2D eigenvalue weighted by Gasteiger charge is 1.93. The second-order valence-corrected chi connectivity index (χ2v) is 2.49. The van der Waals surface area contributed by atoms with E-state index in [1.807, 2.05) is 0 Å². The number of nitrogens with zero attached hydrogens (tertiary/aromatic N) is 1. The Morgan fingerprint density at radius 2 is 2.29 bits per heavy atom. The normalized spacial score (nSPS) is 10.1. The maximum absolute atomic E-state index is 10.7. The van der Waals surface area contributed by atoms with Crippen LogP contribution in [0.5, 0.6) is 0 Å². The minimum Gasteiger partial charge on any atom is -0.466 e. The predicted octanol–water partition coefficient (Wildman–Crippen LogP) is 1.08. The monoisotopic (exact) mass is 191 g/mol. The molecule has 0 aliphatic heterocycles. The molecule has 4 nitrogen and oxygen atoms in total. The number of ether oxygens (including phenoxy) is 1. The van der Waals surface area contributed by atoms with Crippen molar-refractivity contribution in [3.63, 3.8) is 0 Å². The van der Waals surface area contributed by atoms with Gasteiger partial charge in [-0.15, -0.1) is 0 Å². The summed E-state index contributed by atoms with van der Waals surface area (Å²) in [7, 11) is 1.31. The molecule has 4 heteroatoms. The molecular weight excluding hydrogens is 182 g/mol. The first-order valence-corrected chi connectivity index (χ1v) is 3.93. The van der Waals surface area contributed by atoms with Gasteiger partial charge < -0.3 is 4.74 Å². The molecule has 0 N–H and O–H groups in total. The van der Waals surface area contributed by atoms with Gasteiger partial charge in [-0.1, -0.05) is 6.07 Å². The summed E-state index contributed by atoms with van der Waals surface area (Å²) in [5, 5.41) is 0. The summed E-state index contributed by atoms with van der Waals surface area (Å²) in [6.45, 7) is 0. The van der Waals surface area contributed by atoms with E-state index < -0.39 is 5.97 Å². The fourth-order valence-electron chi connectivity index (χ4n) is 0.817. The topological polar surface area (TPSA) is 56.3 Å². The second-order valence-electron chi connectivity index (χ2n) is 2.49. The smallest absolute Gasteiger partial charge is 0.330 e. The first kappa shape index (κ1) is 10.1. The highest BCUT2D eigenvalue weighted by molar-refractivity contribution is 5.86. The lowest BCUT2D eigenvalue weighted by Crippen LogP contribution is -1.93. The average Bonchev–Trinajstić information content (AvgIpc) is 2.26. The molecule has 0 fully saturated rings. The van der Waals surface area contributed by atoms with Gasteiger partial charge >= 0.3 is 5.97 Å². The molecule has 1 aromatic rings. The van der Waals surface area contributed by atoms with E-state index in [-0.39, 0.29) is 0 Å². The molecule has 0 radical (unpaired) electrons. The maximum Gasteiger partial charge on any atom is 0.330 e. The van der Waals surface area contributed by atoms with E-state index in [1.165, 1.54) is 19.4 Å². The van der Waals surface area contributed by atoms with E-state index in [4.69, 9.17) is 0 Å². The maximum atomic E-state index is 10.7. The number of hydrogen-bond acceptors (Lipinski definition) is 4. The third kappa shape index (κ3) is 2.82. The number of hydrogen-bond donors (Lipinski definition) is 0. The Kier molecular flexibility index (Phi) is 3.55. The first-order chi connectivity index (χ1) is 6.76. The van der Waals surface area contributed by atoms with Crippen LogP contribution in [0.2, 0.25) is 0 Å². The largest absolute Gasteiger partial charge is 0.466 e. The van der Waals surface area contributed by atoms with Crippen molar-refractivity contribution in [2.75, 3.05) is 7.11 Å². The van der Waals surface area contributed by atoms with Crippen molar-refractivity contribution in [2.24, 2.45) is 0 Å². The lowest BCUT2D eigenvalue weighted by molar-refractivity contribution is -0.134. The minimum absolute atomic E-state index is 0.361. The number of aldehydes is 1. The van der Waals surface area contributed by atoms with Crippen LogP contribution >= 0.6 is 0 Å². The van der Waals surface area contributed by atoms with Crippen molar-refractivity contribution >= 4 is 18.3 Å². The SMILES string of the molecule is COC(=O)/C=C/c1ccc(C=O)nc1. The number of pyridine rings is 1. The number of carbonyl (C=O) groups excluding carboxylic acids is 2. The van der Waals surface area contributed by atoms with E-state index in [2.05, 4.69) is 9.72 Å². The lowest BCUT2D eigenvalue weighted by atomic mass is 10.2. The molecule has 1 heterocycles. The molecule has 0 atom stereocenters. The molecule has 1 rings (SSSR count). The highest BCUT2D eigenvalue weighted by Crippen LogP contribution is 2.01. The number of methoxy groups -OCH3 is 1. The molecule has 0 unspecified atom stereocenters. The fourth-order valence-corrected chi connectivity index (χ4v) is 0.817. The molecule has 0 aromatic carbocycles. The van der Waals surface area contributed by atoms with Gasteiger partial charge in [-0.2, -0.15) is 0 Å². The van der Waals surface area contributed by atoms with Gasteiger partial charge in [-0.05, 0) is 17.7 Å². The fraction of sp³-hybridized carbons (Fsp3) is 0.100. The van der Waals surface area contributed by atoms with Gasteiger partial charge in [-0.3, -0.25) is 9.78 Å². The molecule has 0 spiro atoms. The van der Waals surface area contributed by atoms with Crippen molar-refractivity contribution in [1.29, 1.82) is 0 Å². The number of aromatic nitrogens is 1. The number of rotatable bonds is 3. The Hall–Kier alpha value is -1.97. The average molecular weight is 191 g/mol. The predicted molar refractivity (Wildman–Crippen MR) is 50.7 cm³/mol. The molecule has 0 bridgehead atoms. The van der Waals surface area contributed by atoms with Gasteiger partial charge in [0.15, 0.2) is 6.29 Å². The van der Waals surface area contributed by atoms with Crippen LogP contribution in [-0.4, -0.2) is 24.3 Å². The summed E-state index contributed by atoms with van der Waals surface area (Å²) in [4.78, 5) is 24.8. The Bertz CT molecular complexity index is 354. The molecule has 0 aliphatic carbocycles. The Balaban J connectivity index is 2.73. The molecule has 0 amide bonds. The van der Waals surface area contributed by atoms with Crippen LogP contribution in [-0.2, 0) is 9.53 Å². The Labute approximate surface area is 81.2 Å². The van der Waals surface area contributed by atoms with Crippen LogP contribution in [0.15, 0.2) is 24.4 Å². The van der Waals surface area contributed by atoms with E-state index in [1.54, 1.807) is 18.2 Å². The molecule has 0 aliphatic rings. The zero-order valence-corrected chi connectivity index (χ0v) is 7.64. The van der Waals surface area contributed by atoms with Gasteiger partial charge in [0.25, 0.3) is 0 Å². The summed E-state index contributed by atoms with van der Waals surface area (Å²) >= 11 is 0. The van der Waals surface area contributed by atoms with Crippen LogP contribution in [0.25, 0.3) is 6.08 Å². The van der Waals surface area contributed by atoms with Crippen LogP contribution < -0.4 is 0 Å². The molecule has 1 aromatic heterocycles. The van der Waals surface area contributed by atoms with E-state index in [9.17, 15) is 9.59 Å². The summed E-state index contributed by atoms with van der Waals surface area (Å²) in [5.74, 6) is -0.426. The quantitative estimate of drug-likeness (QED) is 0.407. The van der Waals surface area contributed by atoms with Crippen molar-refractivity contribution in [1.82, 2.24) is 4.98 Å². The van der Waals surface area contributed by atoms with Gasteiger partial charge in [0, 0.05) is 12.3 Å². The van der Waals surface area contributed by atoms with Gasteiger partial charge in [0.05, 0.1) is 7.11 Å². The zero-order chi connectivity index (χ0) is 10.4. The lowest BCUT2D eigenvalue weighted by Gasteiger charge is -1.93. The highest BCUT2D eigenvalue weighted by atomic mass is 16.5. The van der Waals surface area contributed by atoms with Gasteiger partial charge in [-0.25, -0.2) is 4.79 Å². The molecule has 0 saturated carbocycles. The third-order valence-corrected chi connectivity index (χ3v) is 1.54. The van der Waals surface area contributed by atoms with Gasteiger partial charge in [0.2, 0.25) is 0 Å². The first-order valence-electron chi connectivity index (χ1n) is 3.93. The summed E-state index contributed by atoms with van der Waals surface area (Å²) in [5.41, 5.74) is 1.10.